The Morgan fingerprint density at radius 1 is 1.00 bits per heavy atom. The molecule has 0 bridgehead atoms. The lowest BCUT2D eigenvalue weighted by molar-refractivity contribution is -0.137. The fourth-order valence-electron chi connectivity index (χ4n) is 2.37. The third-order valence-corrected chi connectivity index (χ3v) is 3.53. The summed E-state index contributed by atoms with van der Waals surface area (Å²) in [5.41, 5.74) is -0.105. The van der Waals surface area contributed by atoms with Crippen molar-refractivity contribution in [3.05, 3.63) is 82.9 Å². The van der Waals surface area contributed by atoms with E-state index in [4.69, 9.17) is 0 Å². The van der Waals surface area contributed by atoms with Crippen LogP contribution in [0.15, 0.2) is 65.8 Å². The number of benzene rings is 2. The quantitative estimate of drug-likeness (QED) is 0.445. The minimum absolute atomic E-state index is 0.0371. The Morgan fingerprint density at radius 2 is 1.56 bits per heavy atom. The number of rotatable bonds is 6. The first-order valence-corrected chi connectivity index (χ1v) is 7.79. The monoisotopic (exact) mass is 375 g/mol. The molecule has 2 rings (SSSR count). The molecular formula is C20H16F3NO3. The minimum Gasteiger partial charge on any atom is -0.476 e. The molecule has 4 nitrogen and oxygen atoms in total. The maximum Gasteiger partial charge on any atom is 0.416 e. The lowest BCUT2D eigenvalue weighted by atomic mass is 10.0. The highest BCUT2D eigenvalue weighted by atomic mass is 19.4. The molecule has 0 saturated carbocycles. The number of hydrogen-bond donors (Lipinski definition) is 1. The van der Waals surface area contributed by atoms with Crippen molar-refractivity contribution in [2.75, 3.05) is 7.11 Å². The summed E-state index contributed by atoms with van der Waals surface area (Å²) in [5, 5.41) is 12.8. The van der Waals surface area contributed by atoms with Crippen LogP contribution in [0.25, 0.3) is 12.2 Å². The summed E-state index contributed by atoms with van der Waals surface area (Å²) in [6.45, 7) is 0. The van der Waals surface area contributed by atoms with Crippen molar-refractivity contribution < 1.29 is 27.9 Å². The van der Waals surface area contributed by atoms with Gasteiger partial charge in [0.2, 0.25) is 0 Å². The van der Waals surface area contributed by atoms with E-state index in [1.807, 2.05) is 0 Å². The Hall–Kier alpha value is -3.35. The van der Waals surface area contributed by atoms with Crippen LogP contribution in [-0.4, -0.2) is 23.9 Å². The Balaban J connectivity index is 2.30. The van der Waals surface area contributed by atoms with Gasteiger partial charge in [-0.15, -0.1) is 0 Å². The van der Waals surface area contributed by atoms with Gasteiger partial charge in [-0.3, -0.25) is 0 Å². The van der Waals surface area contributed by atoms with Crippen molar-refractivity contribution in [1.29, 1.82) is 0 Å². The van der Waals surface area contributed by atoms with E-state index in [2.05, 4.69) is 9.99 Å². The van der Waals surface area contributed by atoms with Crippen molar-refractivity contribution in [2.45, 2.75) is 6.18 Å². The molecular weight excluding hydrogens is 359 g/mol. The second-order valence-electron chi connectivity index (χ2n) is 5.32. The first-order chi connectivity index (χ1) is 12.8. The molecule has 0 spiro atoms. The summed E-state index contributed by atoms with van der Waals surface area (Å²) < 4.78 is 38.9. The van der Waals surface area contributed by atoms with E-state index in [1.54, 1.807) is 30.3 Å². The zero-order chi connectivity index (χ0) is 19.9. The van der Waals surface area contributed by atoms with Crippen LogP contribution < -0.4 is 0 Å². The lowest BCUT2D eigenvalue weighted by Gasteiger charge is -2.09. The van der Waals surface area contributed by atoms with Gasteiger partial charge in [0.1, 0.15) is 7.11 Å². The van der Waals surface area contributed by atoms with Crippen molar-refractivity contribution >= 4 is 23.8 Å². The number of carboxylic acid groups (broad SMARTS) is 1. The van der Waals surface area contributed by atoms with Crippen LogP contribution in [0, 0.1) is 0 Å². The summed E-state index contributed by atoms with van der Waals surface area (Å²) in [6, 6.07) is 11.8. The van der Waals surface area contributed by atoms with E-state index in [-0.39, 0.29) is 11.3 Å². The van der Waals surface area contributed by atoms with Crippen molar-refractivity contribution in [3.63, 3.8) is 0 Å². The fourth-order valence-corrected chi connectivity index (χ4v) is 2.37. The molecule has 0 atom stereocenters. The summed E-state index contributed by atoms with van der Waals surface area (Å²) in [7, 11) is 1.24. The van der Waals surface area contributed by atoms with Gasteiger partial charge in [0.15, 0.2) is 5.71 Å². The molecule has 2 aromatic rings. The third-order valence-electron chi connectivity index (χ3n) is 3.53. The van der Waals surface area contributed by atoms with E-state index in [0.29, 0.717) is 11.1 Å². The van der Waals surface area contributed by atoms with Gasteiger partial charge in [0.25, 0.3) is 0 Å². The molecule has 0 unspecified atom stereocenters. The van der Waals surface area contributed by atoms with Crippen molar-refractivity contribution in [2.24, 2.45) is 5.16 Å². The van der Waals surface area contributed by atoms with E-state index in [1.165, 1.54) is 43.5 Å². The molecule has 0 aliphatic rings. The van der Waals surface area contributed by atoms with Crippen LogP contribution in [0.3, 0.4) is 0 Å². The molecule has 0 amide bonds. The number of carboxylic acids is 1. The number of hydrogen-bond acceptors (Lipinski definition) is 3. The highest BCUT2D eigenvalue weighted by Crippen LogP contribution is 2.32. The molecule has 0 aliphatic heterocycles. The number of aliphatic carboxylic acids is 1. The van der Waals surface area contributed by atoms with Gasteiger partial charge in [0, 0.05) is 5.56 Å². The smallest absolute Gasteiger partial charge is 0.416 e. The predicted molar refractivity (Wildman–Crippen MR) is 97.1 cm³/mol. The second kappa shape index (κ2) is 8.84. The Labute approximate surface area is 153 Å². The van der Waals surface area contributed by atoms with Crippen molar-refractivity contribution in [1.82, 2.24) is 0 Å². The van der Waals surface area contributed by atoms with Crippen LogP contribution in [0.1, 0.15) is 22.3 Å². The maximum atomic E-state index is 13.0. The van der Waals surface area contributed by atoms with Crippen molar-refractivity contribution in [3.8, 4) is 0 Å². The highest BCUT2D eigenvalue weighted by molar-refractivity contribution is 6.43. The van der Waals surface area contributed by atoms with Gasteiger partial charge in [-0.25, -0.2) is 4.79 Å². The SMILES string of the molecule is CO/N=C(/C(=O)O)c1ccccc1/C=C/C=C/c1ccccc1C(F)(F)F. The number of nitrogens with zero attached hydrogens (tertiary/aromatic N) is 1. The summed E-state index contributed by atoms with van der Waals surface area (Å²) in [5.74, 6) is -1.26. The van der Waals surface area contributed by atoms with Gasteiger partial charge >= 0.3 is 12.1 Å². The van der Waals surface area contributed by atoms with E-state index in [0.717, 1.165) is 6.07 Å². The Kier molecular flexibility index (Phi) is 6.54. The maximum absolute atomic E-state index is 13.0. The highest BCUT2D eigenvalue weighted by Gasteiger charge is 2.32. The van der Waals surface area contributed by atoms with Crippen LogP contribution >= 0.6 is 0 Å². The average molecular weight is 375 g/mol. The number of halogens is 3. The van der Waals surface area contributed by atoms with E-state index >= 15 is 0 Å². The predicted octanol–water partition coefficient (Wildman–Crippen LogP) is 4.87. The standard InChI is InChI=1S/C20H16F3NO3/c1-27-24-18(19(25)26)16-12-6-4-9-14(16)8-2-3-10-15-11-5-7-13-17(15)20(21,22)23/h2-13H,1H3,(H,25,26)/b8-2+,10-3+,24-18+. The second-order valence-corrected chi connectivity index (χ2v) is 5.32. The number of carbonyl (C=O) groups is 1. The molecule has 140 valence electrons. The minimum atomic E-state index is -4.44. The van der Waals surface area contributed by atoms with E-state index < -0.39 is 17.7 Å². The van der Waals surface area contributed by atoms with Gasteiger partial charge in [-0.05, 0) is 17.2 Å². The van der Waals surface area contributed by atoms with Gasteiger partial charge in [0.05, 0.1) is 5.56 Å². The molecule has 0 aromatic heterocycles. The summed E-state index contributed by atoms with van der Waals surface area (Å²) >= 11 is 0. The van der Waals surface area contributed by atoms with Crippen LogP contribution in [0.5, 0.6) is 0 Å². The van der Waals surface area contributed by atoms with Gasteiger partial charge in [-0.1, -0.05) is 71.9 Å². The normalized spacial score (nSPS) is 12.7. The first kappa shape index (κ1) is 20.0. The van der Waals surface area contributed by atoms with Crippen LogP contribution in [0.4, 0.5) is 13.2 Å². The fraction of sp³-hybridized carbons (Fsp3) is 0.100. The molecule has 2 aromatic carbocycles. The van der Waals surface area contributed by atoms with E-state index in [9.17, 15) is 23.1 Å². The number of oxime groups is 1. The zero-order valence-corrected chi connectivity index (χ0v) is 14.3. The molecule has 1 N–H and O–H groups in total. The molecule has 7 heteroatoms. The number of alkyl halides is 3. The van der Waals surface area contributed by atoms with Crippen LogP contribution in [0.2, 0.25) is 0 Å². The number of allylic oxidation sites excluding steroid dienone is 2. The Bertz CT molecular complexity index is 899. The summed E-state index contributed by atoms with van der Waals surface area (Å²) in [6.07, 6.45) is 1.46. The largest absolute Gasteiger partial charge is 0.476 e. The molecule has 0 heterocycles. The summed E-state index contributed by atoms with van der Waals surface area (Å²) in [4.78, 5) is 15.9. The van der Waals surface area contributed by atoms with Crippen LogP contribution in [-0.2, 0) is 15.8 Å². The molecule has 0 fully saturated rings. The molecule has 0 saturated heterocycles. The molecule has 0 aliphatic carbocycles. The Morgan fingerprint density at radius 3 is 2.15 bits per heavy atom. The van der Waals surface area contributed by atoms with Gasteiger partial charge in [-0.2, -0.15) is 13.2 Å². The van der Waals surface area contributed by atoms with Gasteiger partial charge < -0.3 is 9.94 Å². The first-order valence-electron chi connectivity index (χ1n) is 7.79. The zero-order valence-electron chi connectivity index (χ0n) is 14.3. The molecule has 27 heavy (non-hydrogen) atoms. The molecule has 0 radical (unpaired) electrons. The lowest BCUT2D eigenvalue weighted by Crippen LogP contribution is -2.16. The third kappa shape index (κ3) is 5.31. The average Bonchev–Trinajstić information content (AvgIpc) is 2.63. The topological polar surface area (TPSA) is 58.9 Å².